The van der Waals surface area contributed by atoms with E-state index in [1.807, 2.05) is 11.8 Å². The summed E-state index contributed by atoms with van der Waals surface area (Å²) >= 11 is 0. The Bertz CT molecular complexity index is 1180. The Kier molecular flexibility index (Phi) is 8.22. The van der Waals surface area contributed by atoms with E-state index in [1.165, 1.54) is 6.07 Å². The third kappa shape index (κ3) is 6.41. The van der Waals surface area contributed by atoms with Crippen LogP contribution < -0.4 is 10.2 Å². The molecule has 0 aliphatic carbocycles. The molecule has 0 radical (unpaired) electrons. The summed E-state index contributed by atoms with van der Waals surface area (Å²) in [5.41, 5.74) is -0.856. The van der Waals surface area contributed by atoms with Gasteiger partial charge in [-0.3, -0.25) is 9.69 Å². The van der Waals surface area contributed by atoms with E-state index < -0.39 is 41.4 Å². The second kappa shape index (κ2) is 11.2. The summed E-state index contributed by atoms with van der Waals surface area (Å²) in [7, 11) is 0. The summed E-state index contributed by atoms with van der Waals surface area (Å²) in [6, 6.07) is 6.29. The highest BCUT2D eigenvalue weighted by molar-refractivity contribution is 5.89. The first-order valence-corrected chi connectivity index (χ1v) is 12.2. The highest BCUT2D eigenvalue weighted by atomic mass is 19.4. The van der Waals surface area contributed by atoms with Crippen molar-refractivity contribution in [1.82, 2.24) is 10.2 Å². The molecule has 206 valence electrons. The lowest BCUT2D eigenvalue weighted by molar-refractivity contribution is -0.138. The van der Waals surface area contributed by atoms with Crippen molar-refractivity contribution in [1.29, 1.82) is 0 Å². The van der Waals surface area contributed by atoms with Gasteiger partial charge in [0.05, 0.1) is 17.7 Å². The quantitative estimate of drug-likeness (QED) is 0.537. The maximum absolute atomic E-state index is 13.8. The molecule has 3 unspecified atom stereocenters. The first-order valence-electron chi connectivity index (χ1n) is 12.2. The van der Waals surface area contributed by atoms with Gasteiger partial charge in [-0.15, -0.1) is 0 Å². The van der Waals surface area contributed by atoms with Gasteiger partial charge in [0, 0.05) is 44.0 Å². The van der Waals surface area contributed by atoms with E-state index in [4.69, 9.17) is 4.74 Å². The van der Waals surface area contributed by atoms with Crippen molar-refractivity contribution in [2.24, 2.45) is 0 Å². The Labute approximate surface area is 216 Å². The van der Waals surface area contributed by atoms with Gasteiger partial charge in [0.2, 0.25) is 5.91 Å². The predicted octanol–water partition coefficient (Wildman–Crippen LogP) is 4.06. The largest absolute Gasteiger partial charge is 0.478 e. The van der Waals surface area contributed by atoms with E-state index in [0.717, 1.165) is 18.2 Å². The summed E-state index contributed by atoms with van der Waals surface area (Å²) in [5, 5.41) is 11.7. The molecule has 2 aliphatic heterocycles. The minimum atomic E-state index is -4.69. The number of carboxylic acid groups (broad SMARTS) is 1. The van der Waals surface area contributed by atoms with E-state index in [9.17, 15) is 36.6 Å². The molecule has 2 aromatic rings. The van der Waals surface area contributed by atoms with Crippen LogP contribution in [0.5, 0.6) is 0 Å². The van der Waals surface area contributed by atoms with Gasteiger partial charge in [-0.05, 0) is 61.7 Å². The number of carbonyl (C=O) groups is 2. The van der Waals surface area contributed by atoms with Crippen LogP contribution in [0.1, 0.15) is 41.3 Å². The average Bonchev–Trinajstić information content (AvgIpc) is 2.87. The Hall–Kier alpha value is -3.25. The molecule has 2 aromatic carbocycles. The lowest BCUT2D eigenvalue weighted by atomic mass is 10.0. The highest BCUT2D eigenvalue weighted by Crippen LogP contribution is 2.31. The number of hydrogen-bond donors (Lipinski definition) is 2. The SMILES string of the molecule is CC1CN(C2CCC(C(=O)NCc3cc(F)cc(C(F)(F)F)c3)OC2)CCN1c1ccc(F)c(C(=O)O)c1. The molecule has 4 rings (SSSR count). The second-order valence-corrected chi connectivity index (χ2v) is 9.62. The van der Waals surface area contributed by atoms with Crippen LogP contribution in [0.3, 0.4) is 0 Å². The first-order chi connectivity index (χ1) is 17.9. The van der Waals surface area contributed by atoms with Crippen molar-refractivity contribution in [3.8, 4) is 0 Å². The van der Waals surface area contributed by atoms with Crippen molar-refractivity contribution in [3.63, 3.8) is 0 Å². The van der Waals surface area contributed by atoms with E-state index in [1.54, 1.807) is 6.07 Å². The summed E-state index contributed by atoms with van der Waals surface area (Å²) < 4.78 is 71.8. The van der Waals surface area contributed by atoms with Gasteiger partial charge in [-0.1, -0.05) is 0 Å². The topological polar surface area (TPSA) is 82.1 Å². The van der Waals surface area contributed by atoms with Crippen LogP contribution in [-0.4, -0.2) is 66.3 Å². The van der Waals surface area contributed by atoms with E-state index in [-0.39, 0.29) is 29.8 Å². The minimum Gasteiger partial charge on any atom is -0.478 e. The number of carbonyl (C=O) groups excluding carboxylic acids is 1. The van der Waals surface area contributed by atoms with Crippen molar-refractivity contribution < 1.29 is 41.4 Å². The van der Waals surface area contributed by atoms with Crippen LogP contribution in [0.15, 0.2) is 36.4 Å². The number of piperazine rings is 1. The number of nitrogens with one attached hydrogen (secondary N) is 1. The van der Waals surface area contributed by atoms with Gasteiger partial charge < -0.3 is 20.1 Å². The number of ether oxygens (including phenoxy) is 1. The standard InChI is InChI=1S/C26H28F5N3O4/c1-15-13-33(6-7-34(15)19-2-4-22(28)21(11-19)25(36)37)20-3-5-23(38-14-20)24(35)32-12-16-8-17(26(29,30)31)10-18(27)9-16/h2,4,8-11,15,20,23H,3,5-7,12-14H2,1H3,(H,32,35)(H,36,37). The predicted molar refractivity (Wildman–Crippen MR) is 128 cm³/mol. The normalized spacial score (nSPS) is 22.8. The molecule has 0 spiro atoms. The molecule has 2 heterocycles. The number of alkyl halides is 3. The average molecular weight is 542 g/mol. The maximum Gasteiger partial charge on any atom is 0.416 e. The van der Waals surface area contributed by atoms with Crippen LogP contribution in [0, 0.1) is 11.6 Å². The van der Waals surface area contributed by atoms with Crippen LogP contribution in [0.4, 0.5) is 27.6 Å². The monoisotopic (exact) mass is 541 g/mol. The van der Waals surface area contributed by atoms with E-state index in [0.29, 0.717) is 50.8 Å². The molecule has 38 heavy (non-hydrogen) atoms. The number of rotatable bonds is 6. The Morgan fingerprint density at radius 1 is 1.11 bits per heavy atom. The first kappa shape index (κ1) is 27.8. The molecule has 0 bridgehead atoms. The van der Waals surface area contributed by atoms with Gasteiger partial charge in [-0.2, -0.15) is 13.2 Å². The maximum atomic E-state index is 13.8. The van der Waals surface area contributed by atoms with E-state index >= 15 is 0 Å². The summed E-state index contributed by atoms with van der Waals surface area (Å²) in [5.74, 6) is -3.61. The number of hydrogen-bond acceptors (Lipinski definition) is 5. The van der Waals surface area contributed by atoms with Crippen molar-refractivity contribution in [2.75, 3.05) is 31.1 Å². The third-order valence-electron chi connectivity index (χ3n) is 6.98. The number of amides is 1. The smallest absolute Gasteiger partial charge is 0.416 e. The molecule has 7 nitrogen and oxygen atoms in total. The van der Waals surface area contributed by atoms with Crippen LogP contribution >= 0.6 is 0 Å². The van der Waals surface area contributed by atoms with Crippen molar-refractivity contribution in [3.05, 3.63) is 64.7 Å². The number of benzene rings is 2. The Balaban J connectivity index is 1.27. The van der Waals surface area contributed by atoms with Crippen LogP contribution in [-0.2, 0) is 22.3 Å². The zero-order valence-corrected chi connectivity index (χ0v) is 20.6. The van der Waals surface area contributed by atoms with E-state index in [2.05, 4.69) is 10.2 Å². The summed E-state index contributed by atoms with van der Waals surface area (Å²) in [4.78, 5) is 28.1. The lowest BCUT2D eigenvalue weighted by Crippen LogP contribution is -2.57. The molecule has 2 fully saturated rings. The molecule has 2 N–H and O–H groups in total. The van der Waals surface area contributed by atoms with Gasteiger partial charge in [-0.25, -0.2) is 13.6 Å². The van der Waals surface area contributed by atoms with Gasteiger partial charge >= 0.3 is 12.1 Å². The number of aromatic carboxylic acids is 1. The number of carboxylic acids is 1. The summed E-state index contributed by atoms with van der Waals surface area (Å²) in [6.45, 7) is 3.95. The van der Waals surface area contributed by atoms with Crippen LogP contribution in [0.2, 0.25) is 0 Å². The number of nitrogens with zero attached hydrogens (tertiary/aromatic N) is 2. The fraction of sp³-hybridized carbons (Fsp3) is 0.462. The zero-order valence-electron chi connectivity index (χ0n) is 20.6. The van der Waals surface area contributed by atoms with Gasteiger partial charge in [0.1, 0.15) is 17.7 Å². The molecule has 3 atom stereocenters. The molecular weight excluding hydrogens is 513 g/mol. The fourth-order valence-electron chi connectivity index (χ4n) is 5.01. The highest BCUT2D eigenvalue weighted by Gasteiger charge is 2.34. The Morgan fingerprint density at radius 2 is 1.87 bits per heavy atom. The molecule has 1 amide bonds. The molecule has 12 heteroatoms. The zero-order chi connectivity index (χ0) is 27.6. The Morgan fingerprint density at radius 3 is 2.50 bits per heavy atom. The van der Waals surface area contributed by atoms with Gasteiger partial charge in [0.25, 0.3) is 0 Å². The second-order valence-electron chi connectivity index (χ2n) is 9.62. The summed E-state index contributed by atoms with van der Waals surface area (Å²) in [6.07, 6.45) is -4.36. The molecule has 0 saturated carbocycles. The van der Waals surface area contributed by atoms with Crippen molar-refractivity contribution >= 4 is 17.6 Å². The lowest BCUT2D eigenvalue weighted by Gasteiger charge is -2.45. The molecule has 0 aromatic heterocycles. The fourth-order valence-corrected chi connectivity index (χ4v) is 5.01. The minimum absolute atomic E-state index is 0.00264. The van der Waals surface area contributed by atoms with Gasteiger partial charge in [0.15, 0.2) is 0 Å². The molecule has 2 aliphatic rings. The van der Waals surface area contributed by atoms with Crippen molar-refractivity contribution in [2.45, 2.75) is 50.7 Å². The van der Waals surface area contributed by atoms with Crippen LogP contribution in [0.25, 0.3) is 0 Å². The number of halogens is 5. The molecular formula is C26H28F5N3O4. The molecule has 2 saturated heterocycles. The third-order valence-corrected chi connectivity index (χ3v) is 6.98. The number of anilines is 1.